The van der Waals surface area contributed by atoms with Gasteiger partial charge in [-0.05, 0) is 53.6 Å². The molecular weight excluding hydrogens is 278 g/mol. The van der Waals surface area contributed by atoms with Crippen LogP contribution in [0.5, 0.6) is 5.75 Å². The van der Waals surface area contributed by atoms with Gasteiger partial charge in [-0.2, -0.15) is 11.3 Å². The zero-order valence-corrected chi connectivity index (χ0v) is 12.6. The van der Waals surface area contributed by atoms with Crippen LogP contribution in [0.25, 0.3) is 0 Å². The van der Waals surface area contributed by atoms with Crippen molar-refractivity contribution in [1.29, 1.82) is 0 Å². The Bertz CT molecular complexity index is 499. The molecule has 0 spiro atoms. The van der Waals surface area contributed by atoms with Crippen molar-refractivity contribution >= 4 is 22.9 Å². The van der Waals surface area contributed by atoms with Crippen LogP contribution >= 0.6 is 22.9 Å². The second-order valence-corrected chi connectivity index (χ2v) is 5.57. The fourth-order valence-corrected chi connectivity index (χ4v) is 2.61. The highest BCUT2D eigenvalue weighted by Gasteiger charge is 2.05. The first-order chi connectivity index (χ1) is 9.29. The molecule has 0 amide bonds. The Hall–Kier alpha value is -1.03. The van der Waals surface area contributed by atoms with Gasteiger partial charge >= 0.3 is 0 Å². The molecule has 2 nitrogen and oxygen atoms in total. The van der Waals surface area contributed by atoms with E-state index in [2.05, 4.69) is 29.1 Å². The predicted molar refractivity (Wildman–Crippen MR) is 82.1 cm³/mol. The molecule has 0 fully saturated rings. The SMILES string of the molecule is CCCNCc1cc(Cl)ccc1OCc1ccsc1. The molecule has 0 aliphatic carbocycles. The van der Waals surface area contributed by atoms with E-state index in [9.17, 15) is 0 Å². The van der Waals surface area contributed by atoms with Crippen molar-refractivity contribution < 1.29 is 4.74 Å². The normalized spacial score (nSPS) is 10.6. The van der Waals surface area contributed by atoms with E-state index in [1.807, 2.05) is 18.2 Å². The van der Waals surface area contributed by atoms with E-state index in [-0.39, 0.29) is 0 Å². The zero-order valence-electron chi connectivity index (χ0n) is 11.0. The number of rotatable bonds is 7. The molecule has 1 aromatic heterocycles. The summed E-state index contributed by atoms with van der Waals surface area (Å²) in [5.41, 5.74) is 2.31. The molecule has 1 N–H and O–H groups in total. The number of thiophene rings is 1. The first-order valence-electron chi connectivity index (χ1n) is 6.42. The van der Waals surface area contributed by atoms with E-state index in [1.165, 1.54) is 5.56 Å². The Morgan fingerprint density at radius 1 is 1.32 bits per heavy atom. The van der Waals surface area contributed by atoms with Crippen molar-refractivity contribution in [2.45, 2.75) is 26.5 Å². The lowest BCUT2D eigenvalue weighted by molar-refractivity contribution is 0.302. The molecule has 4 heteroatoms. The average molecular weight is 296 g/mol. The molecule has 0 aliphatic heterocycles. The Kier molecular flexibility index (Phi) is 5.70. The van der Waals surface area contributed by atoms with E-state index in [0.717, 1.165) is 35.8 Å². The number of nitrogens with one attached hydrogen (secondary N) is 1. The zero-order chi connectivity index (χ0) is 13.5. The summed E-state index contributed by atoms with van der Waals surface area (Å²) in [6.45, 7) is 4.54. The van der Waals surface area contributed by atoms with E-state index in [1.54, 1.807) is 11.3 Å². The molecule has 0 bridgehead atoms. The molecule has 0 saturated heterocycles. The number of halogens is 1. The monoisotopic (exact) mass is 295 g/mol. The van der Waals surface area contributed by atoms with Gasteiger partial charge in [-0.1, -0.05) is 18.5 Å². The van der Waals surface area contributed by atoms with Crippen molar-refractivity contribution in [2.75, 3.05) is 6.54 Å². The molecule has 19 heavy (non-hydrogen) atoms. The van der Waals surface area contributed by atoms with Gasteiger partial charge in [0, 0.05) is 17.1 Å². The van der Waals surface area contributed by atoms with Crippen molar-refractivity contribution in [2.24, 2.45) is 0 Å². The Balaban J connectivity index is 2.01. The van der Waals surface area contributed by atoms with Crippen LogP contribution in [0.1, 0.15) is 24.5 Å². The minimum absolute atomic E-state index is 0.603. The average Bonchev–Trinajstić information content (AvgIpc) is 2.91. The van der Waals surface area contributed by atoms with Crippen molar-refractivity contribution in [1.82, 2.24) is 5.32 Å². The van der Waals surface area contributed by atoms with Gasteiger partial charge in [0.2, 0.25) is 0 Å². The maximum absolute atomic E-state index is 6.05. The summed E-state index contributed by atoms with van der Waals surface area (Å²) < 4.78 is 5.88. The molecule has 0 saturated carbocycles. The highest BCUT2D eigenvalue weighted by atomic mass is 35.5. The maximum Gasteiger partial charge on any atom is 0.124 e. The first kappa shape index (κ1) is 14.4. The third-order valence-electron chi connectivity index (χ3n) is 2.74. The number of hydrogen-bond donors (Lipinski definition) is 1. The third-order valence-corrected chi connectivity index (χ3v) is 3.71. The number of hydrogen-bond acceptors (Lipinski definition) is 3. The molecule has 1 heterocycles. The quantitative estimate of drug-likeness (QED) is 0.761. The Labute approximate surface area is 123 Å². The molecule has 102 valence electrons. The molecule has 0 aliphatic rings. The van der Waals surface area contributed by atoms with Gasteiger partial charge < -0.3 is 10.1 Å². The van der Waals surface area contributed by atoms with Crippen LogP contribution < -0.4 is 10.1 Å². The molecule has 0 unspecified atom stereocenters. The lowest BCUT2D eigenvalue weighted by atomic mass is 10.2. The minimum Gasteiger partial charge on any atom is -0.489 e. The predicted octanol–water partition coefficient (Wildman–Crippen LogP) is 4.48. The van der Waals surface area contributed by atoms with Gasteiger partial charge in [0.1, 0.15) is 12.4 Å². The molecule has 2 aromatic rings. The Morgan fingerprint density at radius 3 is 2.95 bits per heavy atom. The number of ether oxygens (including phenoxy) is 1. The first-order valence-corrected chi connectivity index (χ1v) is 7.74. The van der Waals surface area contributed by atoms with Gasteiger partial charge in [0.25, 0.3) is 0 Å². The molecule has 0 radical (unpaired) electrons. The number of benzene rings is 1. The van der Waals surface area contributed by atoms with E-state index >= 15 is 0 Å². The van der Waals surface area contributed by atoms with Crippen LogP contribution in [0.2, 0.25) is 5.02 Å². The molecule has 2 rings (SSSR count). The van der Waals surface area contributed by atoms with Crippen molar-refractivity contribution in [3.63, 3.8) is 0 Å². The van der Waals surface area contributed by atoms with Gasteiger partial charge in [0.15, 0.2) is 0 Å². The van der Waals surface area contributed by atoms with Crippen LogP contribution in [0, 0.1) is 0 Å². The van der Waals surface area contributed by atoms with Crippen molar-refractivity contribution in [3.8, 4) is 5.75 Å². The van der Waals surface area contributed by atoms with E-state index in [4.69, 9.17) is 16.3 Å². The summed E-state index contributed by atoms with van der Waals surface area (Å²) in [6, 6.07) is 7.86. The van der Waals surface area contributed by atoms with Crippen molar-refractivity contribution in [3.05, 3.63) is 51.2 Å². The van der Waals surface area contributed by atoms with Crippen LogP contribution in [0.15, 0.2) is 35.0 Å². The second kappa shape index (κ2) is 7.53. The van der Waals surface area contributed by atoms with E-state index < -0.39 is 0 Å². The summed E-state index contributed by atoms with van der Waals surface area (Å²) in [5, 5.41) is 8.28. The van der Waals surface area contributed by atoms with Gasteiger partial charge in [-0.25, -0.2) is 0 Å². The summed E-state index contributed by atoms with van der Waals surface area (Å²) in [6.07, 6.45) is 1.12. The van der Waals surface area contributed by atoms with Crippen LogP contribution in [-0.2, 0) is 13.2 Å². The van der Waals surface area contributed by atoms with Crippen LogP contribution in [0.4, 0.5) is 0 Å². The summed E-state index contributed by atoms with van der Waals surface area (Å²) in [4.78, 5) is 0. The summed E-state index contributed by atoms with van der Waals surface area (Å²) >= 11 is 7.73. The molecule has 1 aromatic carbocycles. The lowest BCUT2D eigenvalue weighted by Gasteiger charge is -2.12. The van der Waals surface area contributed by atoms with Crippen LogP contribution in [0.3, 0.4) is 0 Å². The highest BCUT2D eigenvalue weighted by Crippen LogP contribution is 2.24. The third kappa shape index (κ3) is 4.53. The standard InChI is InChI=1S/C15H18ClNOS/c1-2-6-17-9-13-8-14(16)3-4-15(13)18-10-12-5-7-19-11-12/h3-5,7-8,11,17H,2,6,9-10H2,1H3. The fraction of sp³-hybridized carbons (Fsp3) is 0.333. The minimum atomic E-state index is 0.603. The van der Waals surface area contributed by atoms with Gasteiger partial charge in [-0.15, -0.1) is 0 Å². The fourth-order valence-electron chi connectivity index (χ4n) is 1.76. The van der Waals surface area contributed by atoms with Gasteiger partial charge in [-0.3, -0.25) is 0 Å². The largest absolute Gasteiger partial charge is 0.489 e. The molecular formula is C15H18ClNOS. The van der Waals surface area contributed by atoms with Crippen LogP contribution in [-0.4, -0.2) is 6.54 Å². The maximum atomic E-state index is 6.05. The Morgan fingerprint density at radius 2 is 2.21 bits per heavy atom. The van der Waals surface area contributed by atoms with Gasteiger partial charge in [0.05, 0.1) is 0 Å². The van der Waals surface area contributed by atoms with E-state index in [0.29, 0.717) is 6.61 Å². The highest BCUT2D eigenvalue weighted by molar-refractivity contribution is 7.07. The second-order valence-electron chi connectivity index (χ2n) is 4.35. The topological polar surface area (TPSA) is 21.3 Å². The smallest absolute Gasteiger partial charge is 0.124 e. The lowest BCUT2D eigenvalue weighted by Crippen LogP contribution is -2.14. The summed E-state index contributed by atoms with van der Waals surface area (Å²) in [7, 11) is 0. The summed E-state index contributed by atoms with van der Waals surface area (Å²) in [5.74, 6) is 0.902. The molecule has 0 atom stereocenters.